The van der Waals surface area contributed by atoms with Crippen molar-refractivity contribution >= 4 is 58.6 Å². The van der Waals surface area contributed by atoms with Crippen LogP contribution in [-0.4, -0.2) is 67.3 Å². The van der Waals surface area contributed by atoms with Gasteiger partial charge in [0.2, 0.25) is 0 Å². The second kappa shape index (κ2) is 18.6. The average molecular weight is 607 g/mol. The normalized spacial score (nSPS) is 14.4. The number of hydrogen-bond acceptors (Lipinski definition) is 7. The summed E-state index contributed by atoms with van der Waals surface area (Å²) >= 11 is 12.3. The summed E-state index contributed by atoms with van der Waals surface area (Å²) in [6.45, 7) is 6.68. The number of carbonyl (C=O) groups is 1. The van der Waals surface area contributed by atoms with E-state index in [4.69, 9.17) is 17.0 Å². The lowest BCUT2D eigenvalue weighted by molar-refractivity contribution is -0.102. The molecular formula is C33H39ClN4OS2. The van der Waals surface area contributed by atoms with Crippen LogP contribution >= 0.6 is 36.0 Å². The Morgan fingerprint density at radius 1 is 1.02 bits per heavy atom. The van der Waals surface area contributed by atoms with E-state index in [-0.39, 0.29) is 5.71 Å². The smallest absolute Gasteiger partial charge is 0.163 e. The molecule has 0 atom stereocenters. The fourth-order valence-electron chi connectivity index (χ4n) is 4.08. The van der Waals surface area contributed by atoms with Crippen molar-refractivity contribution in [3.8, 4) is 0 Å². The monoisotopic (exact) mass is 606 g/mol. The zero-order chi connectivity index (χ0) is 29.3. The van der Waals surface area contributed by atoms with Crippen LogP contribution in [0.2, 0.25) is 5.02 Å². The lowest BCUT2D eigenvalue weighted by Gasteiger charge is -2.32. The number of halogens is 1. The van der Waals surface area contributed by atoms with E-state index >= 15 is 0 Å². The third-order valence-corrected chi connectivity index (χ3v) is 8.09. The molecule has 0 saturated carbocycles. The van der Waals surface area contributed by atoms with Crippen molar-refractivity contribution in [1.29, 1.82) is 5.41 Å². The molecule has 41 heavy (non-hydrogen) atoms. The third-order valence-electron chi connectivity index (χ3n) is 6.39. The molecule has 0 bridgehead atoms. The highest BCUT2D eigenvalue weighted by Gasteiger charge is 2.13. The first-order valence-corrected chi connectivity index (χ1v) is 15.5. The summed E-state index contributed by atoms with van der Waals surface area (Å²) in [5.74, 6) is 0.853. The standard InChI is InChI=1S/C21H21ClN2OS2.C12H18N2/c22-19-9-2-3-10-20(19)24-12-13-27-21(11-4-1-7-17(23)15-25)16-6-5-8-18(26)14-16;1-13-7-9-14(10-8-13)11-12-5-3-2-4-6-12/h1-6,8-11,14-15,23-24,26H,7,12-13H2;2-6H,7-11H2,1H3/b4-1+,21-11-,23-17?;. The number of piperazine rings is 1. The molecule has 1 aliphatic heterocycles. The number of carbonyl (C=O) groups excluding carboxylic acids is 1. The molecule has 2 N–H and O–H groups in total. The zero-order valence-electron chi connectivity index (χ0n) is 23.5. The number of likely N-dealkylation sites (N-methyl/N-ethyl adjacent to an activating group) is 1. The maximum Gasteiger partial charge on any atom is 0.163 e. The van der Waals surface area contributed by atoms with Crippen LogP contribution in [0.3, 0.4) is 0 Å². The minimum absolute atomic E-state index is 0.0650. The molecular weight excluding hydrogens is 568 g/mol. The second-order valence-electron chi connectivity index (χ2n) is 9.68. The van der Waals surface area contributed by atoms with Crippen LogP contribution < -0.4 is 5.32 Å². The summed E-state index contributed by atoms with van der Waals surface area (Å²) in [4.78, 5) is 17.4. The van der Waals surface area contributed by atoms with Gasteiger partial charge in [-0.2, -0.15) is 0 Å². The van der Waals surface area contributed by atoms with Gasteiger partial charge in [-0.1, -0.05) is 78.4 Å². The van der Waals surface area contributed by atoms with E-state index in [9.17, 15) is 4.79 Å². The highest BCUT2D eigenvalue weighted by Crippen LogP contribution is 2.29. The molecule has 1 heterocycles. The number of nitrogens with zero attached hydrogens (tertiary/aromatic N) is 2. The first-order chi connectivity index (χ1) is 19.9. The maximum atomic E-state index is 10.5. The molecule has 0 aliphatic carbocycles. The number of thiol groups is 1. The topological polar surface area (TPSA) is 59.4 Å². The number of benzene rings is 3. The number of rotatable bonds is 12. The molecule has 8 heteroatoms. The van der Waals surface area contributed by atoms with E-state index in [2.05, 4.69) is 65.1 Å². The summed E-state index contributed by atoms with van der Waals surface area (Å²) in [5, 5.41) is 11.4. The Hall–Kier alpha value is -2.81. The van der Waals surface area contributed by atoms with Crippen molar-refractivity contribution in [3.05, 3.63) is 113 Å². The number of anilines is 1. The van der Waals surface area contributed by atoms with Crippen molar-refractivity contribution in [2.75, 3.05) is 50.8 Å². The molecule has 3 aromatic rings. The van der Waals surface area contributed by atoms with Gasteiger partial charge < -0.3 is 15.6 Å². The predicted molar refractivity (Wildman–Crippen MR) is 181 cm³/mol. The Morgan fingerprint density at radius 2 is 1.76 bits per heavy atom. The first-order valence-electron chi connectivity index (χ1n) is 13.7. The Balaban J connectivity index is 0.000000275. The van der Waals surface area contributed by atoms with E-state index in [0.717, 1.165) is 39.9 Å². The lowest BCUT2D eigenvalue weighted by Crippen LogP contribution is -2.43. The van der Waals surface area contributed by atoms with Crippen LogP contribution in [0.5, 0.6) is 0 Å². The average Bonchev–Trinajstić information content (AvgIpc) is 2.99. The minimum Gasteiger partial charge on any atom is -0.383 e. The fourth-order valence-corrected chi connectivity index (χ4v) is 5.40. The van der Waals surface area contributed by atoms with Gasteiger partial charge in [0.15, 0.2) is 6.29 Å². The van der Waals surface area contributed by atoms with Gasteiger partial charge in [-0.05, 0) is 48.5 Å². The van der Waals surface area contributed by atoms with Crippen molar-refractivity contribution in [2.24, 2.45) is 0 Å². The Kier molecular flexibility index (Phi) is 14.8. The molecule has 3 aromatic carbocycles. The summed E-state index contributed by atoms with van der Waals surface area (Å²) in [7, 11) is 2.19. The van der Waals surface area contributed by atoms with Crippen LogP contribution in [-0.2, 0) is 11.3 Å². The predicted octanol–water partition coefficient (Wildman–Crippen LogP) is 7.41. The Bertz CT molecular complexity index is 1290. The number of allylic oxidation sites excluding steroid dienone is 3. The first kappa shape index (κ1) is 32.7. The second-order valence-corrected chi connectivity index (χ2v) is 11.7. The number of para-hydroxylation sites is 1. The van der Waals surface area contributed by atoms with E-state index in [1.54, 1.807) is 11.8 Å². The van der Waals surface area contributed by atoms with Crippen molar-refractivity contribution in [3.63, 3.8) is 0 Å². The van der Waals surface area contributed by atoms with Gasteiger partial charge in [0.05, 0.1) is 16.4 Å². The zero-order valence-corrected chi connectivity index (χ0v) is 26.0. The molecule has 1 saturated heterocycles. The van der Waals surface area contributed by atoms with Crippen LogP contribution in [0.1, 0.15) is 17.5 Å². The fraction of sp³-hybridized carbons (Fsp3) is 0.273. The molecule has 216 valence electrons. The van der Waals surface area contributed by atoms with Gasteiger partial charge in [-0.15, -0.1) is 24.4 Å². The molecule has 4 rings (SSSR count). The van der Waals surface area contributed by atoms with Crippen LogP contribution in [0.4, 0.5) is 5.69 Å². The van der Waals surface area contributed by atoms with Gasteiger partial charge >= 0.3 is 0 Å². The molecule has 5 nitrogen and oxygen atoms in total. The number of thioether (sulfide) groups is 1. The summed E-state index contributed by atoms with van der Waals surface area (Å²) in [5.41, 5.74) is 3.50. The van der Waals surface area contributed by atoms with Crippen LogP contribution in [0.15, 0.2) is 102 Å². The number of hydrogen-bond donors (Lipinski definition) is 3. The molecule has 0 unspecified atom stereocenters. The molecule has 0 amide bonds. The maximum absolute atomic E-state index is 10.5. The van der Waals surface area contributed by atoms with Crippen molar-refractivity contribution in [2.45, 2.75) is 17.9 Å². The van der Waals surface area contributed by atoms with Crippen LogP contribution in [0, 0.1) is 5.41 Å². The highest BCUT2D eigenvalue weighted by atomic mass is 35.5. The van der Waals surface area contributed by atoms with E-state index in [1.165, 1.54) is 31.7 Å². The van der Waals surface area contributed by atoms with Gasteiger partial charge in [0.1, 0.15) is 0 Å². The molecule has 0 radical (unpaired) electrons. The number of aldehydes is 1. The molecule has 0 aromatic heterocycles. The lowest BCUT2D eigenvalue weighted by atomic mass is 10.2. The Morgan fingerprint density at radius 3 is 2.46 bits per heavy atom. The van der Waals surface area contributed by atoms with E-state index in [0.29, 0.717) is 17.7 Å². The van der Waals surface area contributed by atoms with Crippen molar-refractivity contribution in [1.82, 2.24) is 9.80 Å². The van der Waals surface area contributed by atoms with E-state index in [1.807, 2.05) is 66.8 Å². The van der Waals surface area contributed by atoms with Gasteiger partial charge in [-0.25, -0.2) is 0 Å². The van der Waals surface area contributed by atoms with Gasteiger partial charge in [0, 0.05) is 61.2 Å². The largest absolute Gasteiger partial charge is 0.383 e. The molecule has 0 spiro atoms. The Labute approximate surface area is 259 Å². The number of nitrogens with one attached hydrogen (secondary N) is 2. The van der Waals surface area contributed by atoms with Crippen LogP contribution in [0.25, 0.3) is 4.91 Å². The SMILES string of the molecule is CN1CCN(Cc2ccccc2)CC1.N=C(C=O)C/C=C/C=C(\SCCNc1ccccc1Cl)c1cccc(S)c1. The quantitative estimate of drug-likeness (QED) is 0.0659. The van der Waals surface area contributed by atoms with Gasteiger partial charge in [-0.3, -0.25) is 9.69 Å². The van der Waals surface area contributed by atoms with Gasteiger partial charge in [0.25, 0.3) is 0 Å². The molecule has 1 aliphatic rings. The minimum atomic E-state index is 0.0650. The van der Waals surface area contributed by atoms with E-state index < -0.39 is 0 Å². The molecule has 1 fully saturated rings. The summed E-state index contributed by atoms with van der Waals surface area (Å²) in [6.07, 6.45) is 6.59. The van der Waals surface area contributed by atoms with Crippen molar-refractivity contribution < 1.29 is 4.79 Å². The third kappa shape index (κ3) is 12.7. The summed E-state index contributed by atoms with van der Waals surface area (Å²) in [6, 6.07) is 26.4. The summed E-state index contributed by atoms with van der Waals surface area (Å²) < 4.78 is 0. The highest BCUT2D eigenvalue weighted by molar-refractivity contribution is 8.08.